The van der Waals surface area contributed by atoms with Crippen molar-refractivity contribution in [2.24, 2.45) is 0 Å². The third-order valence-corrected chi connectivity index (χ3v) is 8.30. The first-order valence-corrected chi connectivity index (χ1v) is 14.1. The lowest BCUT2D eigenvalue weighted by molar-refractivity contribution is -0.929. The lowest BCUT2D eigenvalue weighted by Gasteiger charge is -2.36. The molecule has 6 nitrogen and oxygen atoms in total. The van der Waals surface area contributed by atoms with Crippen molar-refractivity contribution in [2.75, 3.05) is 31.5 Å². The minimum atomic E-state index is -4.52. The molecule has 1 saturated heterocycles. The van der Waals surface area contributed by atoms with Gasteiger partial charge in [0.05, 0.1) is 32.2 Å². The topological polar surface area (TPSA) is 54.6 Å². The number of amides is 1. The second-order valence-corrected chi connectivity index (χ2v) is 11.0. The molecule has 41 heavy (non-hydrogen) atoms. The van der Waals surface area contributed by atoms with E-state index < -0.39 is 18.3 Å². The molecular weight excluding hydrogens is 551 g/mol. The predicted molar refractivity (Wildman–Crippen MR) is 151 cm³/mol. The van der Waals surface area contributed by atoms with Gasteiger partial charge in [-0.3, -0.25) is 4.79 Å². The van der Waals surface area contributed by atoms with Gasteiger partial charge in [0.2, 0.25) is 0 Å². The number of piperazine rings is 1. The molecule has 10 heteroatoms. The monoisotopic (exact) mass is 580 g/mol. The number of carbonyl (C=O) groups is 1. The fourth-order valence-electron chi connectivity index (χ4n) is 5.99. The Balaban J connectivity index is 1.20. The number of hydrogen-bond acceptors (Lipinski definition) is 3. The molecular formula is C31H30ClF3N5O+. The van der Waals surface area contributed by atoms with Crippen molar-refractivity contribution >= 4 is 23.3 Å². The zero-order chi connectivity index (χ0) is 28.6. The van der Waals surface area contributed by atoms with Crippen LogP contribution in [0, 0.1) is 0 Å². The van der Waals surface area contributed by atoms with Crippen molar-refractivity contribution in [1.82, 2.24) is 14.7 Å². The Morgan fingerprint density at radius 2 is 1.51 bits per heavy atom. The molecule has 2 unspecified atom stereocenters. The third kappa shape index (κ3) is 5.69. The molecule has 3 aromatic carbocycles. The lowest BCUT2D eigenvalue weighted by atomic mass is 9.96. The van der Waals surface area contributed by atoms with Gasteiger partial charge in [0.15, 0.2) is 11.7 Å². The van der Waals surface area contributed by atoms with E-state index in [0.29, 0.717) is 36.8 Å². The number of fused-ring (bicyclic) bond motifs is 1. The minimum absolute atomic E-state index is 0.0182. The van der Waals surface area contributed by atoms with Crippen molar-refractivity contribution in [2.45, 2.75) is 30.7 Å². The summed E-state index contributed by atoms with van der Waals surface area (Å²) in [6.07, 6.45) is -4.76. The van der Waals surface area contributed by atoms with Crippen LogP contribution >= 0.6 is 11.6 Å². The van der Waals surface area contributed by atoms with E-state index in [-0.39, 0.29) is 29.9 Å². The number of carbonyl (C=O) groups excluding carboxylic acids is 1. The van der Waals surface area contributed by atoms with Gasteiger partial charge in [-0.05, 0) is 17.7 Å². The maximum absolute atomic E-state index is 14.1. The van der Waals surface area contributed by atoms with Crippen LogP contribution in [0.3, 0.4) is 0 Å². The molecule has 0 radical (unpaired) electrons. The van der Waals surface area contributed by atoms with Crippen LogP contribution < -0.4 is 10.2 Å². The van der Waals surface area contributed by atoms with E-state index in [4.69, 9.17) is 11.6 Å². The van der Waals surface area contributed by atoms with Gasteiger partial charge >= 0.3 is 6.18 Å². The number of nitrogens with zero attached hydrogens (tertiary/aromatic N) is 3. The highest BCUT2D eigenvalue weighted by molar-refractivity contribution is 6.30. The quantitative estimate of drug-likeness (QED) is 0.336. The van der Waals surface area contributed by atoms with E-state index in [1.165, 1.54) is 22.1 Å². The van der Waals surface area contributed by atoms with Crippen LogP contribution in [0.25, 0.3) is 0 Å². The van der Waals surface area contributed by atoms with E-state index in [0.717, 1.165) is 4.68 Å². The SMILES string of the molecule is O=C(c1cc2n(n1)C(C(F)(F)F)CC(c1ccc(Cl)cc1)N2)N1CC[NH+](C(c2ccccc2)c2ccccc2)CC1. The molecule has 0 saturated carbocycles. The normalized spacial score (nSPS) is 19.6. The van der Waals surface area contributed by atoms with Gasteiger partial charge in [-0.15, -0.1) is 0 Å². The summed E-state index contributed by atoms with van der Waals surface area (Å²) in [5, 5.41) is 7.84. The van der Waals surface area contributed by atoms with Crippen molar-refractivity contribution < 1.29 is 22.9 Å². The molecule has 4 aromatic rings. The Morgan fingerprint density at radius 1 is 0.927 bits per heavy atom. The molecule has 2 N–H and O–H groups in total. The highest BCUT2D eigenvalue weighted by Gasteiger charge is 2.47. The first kappa shape index (κ1) is 27.4. The number of nitrogens with one attached hydrogen (secondary N) is 2. The summed E-state index contributed by atoms with van der Waals surface area (Å²) < 4.78 is 43.3. The number of anilines is 1. The second-order valence-electron chi connectivity index (χ2n) is 10.6. The number of rotatable bonds is 5. The summed E-state index contributed by atoms with van der Waals surface area (Å²) in [5.74, 6) is -0.174. The largest absolute Gasteiger partial charge is 0.410 e. The zero-order valence-corrected chi connectivity index (χ0v) is 22.9. The van der Waals surface area contributed by atoms with Crippen LogP contribution in [0.1, 0.15) is 51.7 Å². The molecule has 1 aromatic heterocycles. The maximum Gasteiger partial charge on any atom is 0.410 e. The Morgan fingerprint density at radius 3 is 2.07 bits per heavy atom. The van der Waals surface area contributed by atoms with E-state index >= 15 is 0 Å². The van der Waals surface area contributed by atoms with Gasteiger partial charge in [0, 0.05) is 28.6 Å². The van der Waals surface area contributed by atoms with E-state index in [1.807, 2.05) is 36.4 Å². The van der Waals surface area contributed by atoms with Gasteiger partial charge in [-0.1, -0.05) is 84.4 Å². The smallest absolute Gasteiger partial charge is 0.363 e. The molecule has 0 spiro atoms. The van der Waals surface area contributed by atoms with Gasteiger partial charge in [0.1, 0.15) is 11.9 Å². The summed E-state index contributed by atoms with van der Waals surface area (Å²) in [4.78, 5) is 16.5. The number of quaternary nitrogens is 1. The molecule has 3 heterocycles. The zero-order valence-electron chi connectivity index (χ0n) is 22.2. The van der Waals surface area contributed by atoms with E-state index in [2.05, 4.69) is 34.7 Å². The Kier molecular flexibility index (Phi) is 7.48. The van der Waals surface area contributed by atoms with E-state index in [9.17, 15) is 18.0 Å². The van der Waals surface area contributed by atoms with Crippen molar-refractivity contribution in [1.29, 1.82) is 0 Å². The summed E-state index contributed by atoms with van der Waals surface area (Å²) in [6, 6.07) is 26.5. The molecule has 2 atom stereocenters. The molecule has 0 aliphatic carbocycles. The molecule has 2 aliphatic heterocycles. The summed E-state index contributed by atoms with van der Waals surface area (Å²) in [7, 11) is 0. The lowest BCUT2D eigenvalue weighted by Crippen LogP contribution is -3.15. The molecule has 212 valence electrons. The van der Waals surface area contributed by atoms with Crippen LogP contribution in [0.15, 0.2) is 91.0 Å². The highest BCUT2D eigenvalue weighted by Crippen LogP contribution is 2.43. The van der Waals surface area contributed by atoms with Gasteiger partial charge in [-0.2, -0.15) is 18.3 Å². The number of hydrogen-bond donors (Lipinski definition) is 2. The Hall–Kier alpha value is -3.82. The van der Waals surface area contributed by atoms with Gasteiger partial charge in [0.25, 0.3) is 5.91 Å². The molecule has 1 fully saturated rings. The molecule has 6 rings (SSSR count). The number of aromatic nitrogens is 2. The van der Waals surface area contributed by atoms with Crippen LogP contribution in [0.2, 0.25) is 5.02 Å². The average molecular weight is 581 g/mol. The second kappa shape index (κ2) is 11.2. The molecule has 2 aliphatic rings. The average Bonchev–Trinajstić information content (AvgIpc) is 3.42. The van der Waals surface area contributed by atoms with Gasteiger partial charge < -0.3 is 15.1 Å². The van der Waals surface area contributed by atoms with Crippen LogP contribution in [-0.2, 0) is 0 Å². The molecule has 1 amide bonds. The first-order chi connectivity index (χ1) is 19.8. The Bertz CT molecular complexity index is 1450. The Labute approximate surface area is 241 Å². The van der Waals surface area contributed by atoms with Crippen LogP contribution in [0.5, 0.6) is 0 Å². The van der Waals surface area contributed by atoms with Gasteiger partial charge in [-0.25, -0.2) is 4.68 Å². The predicted octanol–water partition coefficient (Wildman–Crippen LogP) is 5.33. The molecule has 0 bridgehead atoms. The third-order valence-electron chi connectivity index (χ3n) is 8.05. The number of benzene rings is 3. The van der Waals surface area contributed by atoms with Crippen molar-refractivity contribution in [3.8, 4) is 0 Å². The standard InChI is InChI=1S/C31H29ClF3N5O/c32-24-13-11-21(12-14-24)25-19-27(31(33,34)35)40-28(36-25)20-26(37-40)30(41)39-17-15-38(16-18-39)29(22-7-3-1-4-8-22)23-9-5-2-6-10-23/h1-14,20,25,27,29,36H,15-19H2/p+1. The highest BCUT2D eigenvalue weighted by atomic mass is 35.5. The minimum Gasteiger partial charge on any atom is -0.363 e. The summed E-state index contributed by atoms with van der Waals surface area (Å²) in [6.45, 7) is 2.37. The summed E-state index contributed by atoms with van der Waals surface area (Å²) in [5.41, 5.74) is 3.11. The maximum atomic E-state index is 14.1. The van der Waals surface area contributed by atoms with E-state index in [1.54, 1.807) is 29.2 Å². The van der Waals surface area contributed by atoms with Crippen molar-refractivity contribution in [3.63, 3.8) is 0 Å². The first-order valence-electron chi connectivity index (χ1n) is 13.7. The fraction of sp³-hybridized carbons (Fsp3) is 0.290. The fourth-order valence-corrected chi connectivity index (χ4v) is 6.12. The number of halogens is 4. The number of alkyl halides is 3. The van der Waals surface area contributed by atoms with Crippen molar-refractivity contribution in [3.05, 3.63) is 118 Å². The van der Waals surface area contributed by atoms with Crippen LogP contribution in [-0.4, -0.2) is 52.9 Å². The van der Waals surface area contributed by atoms with Crippen LogP contribution in [0.4, 0.5) is 19.0 Å². The summed E-state index contributed by atoms with van der Waals surface area (Å²) >= 11 is 5.98.